The molecule has 1 aromatic rings. The highest BCUT2D eigenvalue weighted by Gasteiger charge is 2.01. The molecular weight excluding hydrogens is 241 g/mol. The van der Waals surface area contributed by atoms with Crippen molar-refractivity contribution in [2.75, 3.05) is 13.2 Å². The summed E-state index contributed by atoms with van der Waals surface area (Å²) < 4.78 is 5.32. The van der Waals surface area contributed by atoms with Gasteiger partial charge < -0.3 is 4.74 Å². The molecule has 0 aliphatic heterocycles. The molecule has 0 N–H and O–H groups in total. The van der Waals surface area contributed by atoms with Gasteiger partial charge in [0, 0.05) is 11.1 Å². The molecule has 1 aromatic carbocycles. The third-order valence-corrected chi connectivity index (χ3v) is 2.09. The molecule has 5 heteroatoms. The molecule has 74 valence electrons. The van der Waals surface area contributed by atoms with Crippen molar-refractivity contribution in [3.8, 4) is 5.75 Å². The van der Waals surface area contributed by atoms with Crippen LogP contribution in [0.1, 0.15) is 0 Å². The third-order valence-electron chi connectivity index (χ3n) is 1.42. The predicted molar refractivity (Wildman–Crippen MR) is 61.9 cm³/mol. The molecule has 0 unspecified atom stereocenters. The van der Waals surface area contributed by atoms with Gasteiger partial charge in [0.15, 0.2) is 0 Å². The Morgan fingerprint density at radius 3 is 2.93 bits per heavy atom. The van der Waals surface area contributed by atoms with Crippen LogP contribution >= 0.6 is 35.4 Å². The summed E-state index contributed by atoms with van der Waals surface area (Å²) in [5.74, 6) is 0.554. The van der Waals surface area contributed by atoms with Gasteiger partial charge in [0.05, 0.1) is 16.7 Å². The van der Waals surface area contributed by atoms with Crippen LogP contribution in [-0.4, -0.2) is 18.3 Å². The molecular formula is C9H7Cl2NOS. The van der Waals surface area contributed by atoms with E-state index in [0.717, 1.165) is 0 Å². The molecule has 0 saturated carbocycles. The topological polar surface area (TPSA) is 21.6 Å². The Kier molecular flexibility index (Phi) is 4.91. The first-order valence-electron chi connectivity index (χ1n) is 3.85. The summed E-state index contributed by atoms with van der Waals surface area (Å²) in [4.78, 5) is 3.70. The number of hydrogen-bond donors (Lipinski definition) is 0. The zero-order chi connectivity index (χ0) is 10.4. The minimum absolute atomic E-state index is 0.406. The summed E-state index contributed by atoms with van der Waals surface area (Å²) in [6, 6.07) is 5.04. The van der Waals surface area contributed by atoms with Gasteiger partial charge in [0.2, 0.25) is 0 Å². The zero-order valence-electron chi connectivity index (χ0n) is 7.17. The van der Waals surface area contributed by atoms with Crippen molar-refractivity contribution in [3.63, 3.8) is 0 Å². The molecule has 0 heterocycles. The first kappa shape index (κ1) is 11.5. The van der Waals surface area contributed by atoms with E-state index < -0.39 is 0 Å². The van der Waals surface area contributed by atoms with E-state index in [1.807, 2.05) is 0 Å². The van der Waals surface area contributed by atoms with Gasteiger partial charge in [0.25, 0.3) is 0 Å². The minimum Gasteiger partial charge on any atom is -0.490 e. The second kappa shape index (κ2) is 5.99. The number of thiocarbonyl (C=S) groups is 1. The van der Waals surface area contributed by atoms with E-state index in [-0.39, 0.29) is 0 Å². The van der Waals surface area contributed by atoms with E-state index in [0.29, 0.717) is 28.9 Å². The zero-order valence-corrected chi connectivity index (χ0v) is 9.49. The standard InChI is InChI=1S/C9H7Cl2NOS/c10-7-1-2-8(11)9(5-7)13-4-3-12-6-14/h1-2,5H,3-4H2. The minimum atomic E-state index is 0.406. The number of nitrogens with zero attached hydrogens (tertiary/aromatic N) is 1. The Bertz CT molecular complexity index is 364. The quantitative estimate of drug-likeness (QED) is 0.462. The Labute approximate surface area is 97.5 Å². The number of hydrogen-bond acceptors (Lipinski definition) is 3. The van der Waals surface area contributed by atoms with E-state index in [2.05, 4.69) is 22.4 Å². The molecule has 0 atom stereocenters. The molecule has 0 aromatic heterocycles. The summed E-state index contributed by atoms with van der Waals surface area (Å²) in [5, 5.41) is 3.36. The summed E-state index contributed by atoms with van der Waals surface area (Å²) in [6.07, 6.45) is 0. The Balaban J connectivity index is 2.57. The van der Waals surface area contributed by atoms with Crippen molar-refractivity contribution in [2.24, 2.45) is 4.99 Å². The van der Waals surface area contributed by atoms with Crippen LogP contribution < -0.4 is 4.74 Å². The maximum Gasteiger partial charge on any atom is 0.139 e. The van der Waals surface area contributed by atoms with Crippen LogP contribution in [0.15, 0.2) is 23.2 Å². The molecule has 0 aliphatic rings. The monoisotopic (exact) mass is 247 g/mol. The molecule has 1 rings (SSSR count). The Morgan fingerprint density at radius 1 is 1.43 bits per heavy atom. The van der Waals surface area contributed by atoms with Crippen LogP contribution in [0.2, 0.25) is 10.0 Å². The highest BCUT2D eigenvalue weighted by atomic mass is 35.5. The fourth-order valence-electron chi connectivity index (χ4n) is 0.835. The average molecular weight is 248 g/mol. The fraction of sp³-hybridized carbons (Fsp3) is 0.222. The summed E-state index contributed by atoms with van der Waals surface area (Å²) in [5.41, 5.74) is 0. The molecule has 0 saturated heterocycles. The van der Waals surface area contributed by atoms with Crippen molar-refractivity contribution in [1.29, 1.82) is 0 Å². The largest absolute Gasteiger partial charge is 0.490 e. The maximum atomic E-state index is 5.86. The van der Waals surface area contributed by atoms with E-state index >= 15 is 0 Å². The summed E-state index contributed by atoms with van der Waals surface area (Å²) in [7, 11) is 0. The number of aliphatic imine (C=N–C) groups is 1. The second-order valence-corrected chi connectivity index (χ2v) is 3.42. The highest BCUT2D eigenvalue weighted by molar-refractivity contribution is 7.78. The van der Waals surface area contributed by atoms with Crippen LogP contribution in [0.4, 0.5) is 0 Å². The Hall–Kier alpha value is -0.600. The van der Waals surface area contributed by atoms with Crippen LogP contribution in [-0.2, 0) is 0 Å². The number of ether oxygens (including phenoxy) is 1. The smallest absolute Gasteiger partial charge is 0.139 e. The van der Waals surface area contributed by atoms with Crippen LogP contribution in [0.3, 0.4) is 0 Å². The third kappa shape index (κ3) is 3.64. The molecule has 14 heavy (non-hydrogen) atoms. The lowest BCUT2D eigenvalue weighted by Gasteiger charge is -2.05. The lowest BCUT2D eigenvalue weighted by atomic mass is 10.3. The Morgan fingerprint density at radius 2 is 2.21 bits per heavy atom. The molecule has 0 amide bonds. The van der Waals surface area contributed by atoms with E-state index in [1.54, 1.807) is 18.2 Å². The molecule has 0 fully saturated rings. The van der Waals surface area contributed by atoms with E-state index in [9.17, 15) is 0 Å². The van der Waals surface area contributed by atoms with Crippen LogP contribution in [0, 0.1) is 0 Å². The number of benzene rings is 1. The normalized spacial score (nSPS) is 9.29. The number of halogens is 2. The summed E-state index contributed by atoms with van der Waals surface area (Å²) in [6.45, 7) is 0.871. The van der Waals surface area contributed by atoms with Crippen molar-refractivity contribution in [1.82, 2.24) is 0 Å². The van der Waals surface area contributed by atoms with Gasteiger partial charge >= 0.3 is 0 Å². The second-order valence-electron chi connectivity index (χ2n) is 2.40. The number of isothiocyanates is 1. The van der Waals surface area contributed by atoms with E-state index in [1.165, 1.54) is 0 Å². The van der Waals surface area contributed by atoms with Gasteiger partial charge in [-0.25, -0.2) is 4.99 Å². The molecule has 0 radical (unpaired) electrons. The van der Waals surface area contributed by atoms with Crippen molar-refractivity contribution in [3.05, 3.63) is 28.2 Å². The van der Waals surface area contributed by atoms with Crippen LogP contribution in [0.25, 0.3) is 0 Å². The van der Waals surface area contributed by atoms with Gasteiger partial charge in [0.1, 0.15) is 12.4 Å². The molecule has 0 spiro atoms. The van der Waals surface area contributed by atoms with Gasteiger partial charge in [-0.15, -0.1) is 0 Å². The van der Waals surface area contributed by atoms with Gasteiger partial charge in [-0.2, -0.15) is 0 Å². The summed E-state index contributed by atoms with van der Waals surface area (Å²) >= 11 is 16.0. The SMILES string of the molecule is S=C=NCCOc1cc(Cl)ccc1Cl. The van der Waals surface area contributed by atoms with Crippen molar-refractivity contribution >= 4 is 40.6 Å². The fourth-order valence-corrected chi connectivity index (χ4v) is 1.26. The predicted octanol–water partition coefficient (Wildman–Crippen LogP) is 3.48. The first-order chi connectivity index (χ1) is 6.74. The van der Waals surface area contributed by atoms with Gasteiger partial charge in [-0.05, 0) is 24.4 Å². The first-order valence-corrected chi connectivity index (χ1v) is 5.02. The van der Waals surface area contributed by atoms with E-state index in [4.69, 9.17) is 27.9 Å². The molecule has 0 bridgehead atoms. The highest BCUT2D eigenvalue weighted by Crippen LogP contribution is 2.27. The lowest BCUT2D eigenvalue weighted by molar-refractivity contribution is 0.329. The molecule has 0 aliphatic carbocycles. The van der Waals surface area contributed by atoms with Crippen molar-refractivity contribution < 1.29 is 4.74 Å². The van der Waals surface area contributed by atoms with Gasteiger partial charge in [-0.3, -0.25) is 0 Å². The molecule has 2 nitrogen and oxygen atoms in total. The maximum absolute atomic E-state index is 5.86. The lowest BCUT2D eigenvalue weighted by Crippen LogP contribution is -2.00. The van der Waals surface area contributed by atoms with Gasteiger partial charge in [-0.1, -0.05) is 23.2 Å². The number of rotatable bonds is 4. The average Bonchev–Trinajstić information content (AvgIpc) is 2.18. The van der Waals surface area contributed by atoms with Crippen LogP contribution in [0.5, 0.6) is 5.75 Å². The van der Waals surface area contributed by atoms with Crippen molar-refractivity contribution in [2.45, 2.75) is 0 Å².